The van der Waals surface area contributed by atoms with Crippen LogP contribution in [0.15, 0.2) is 24.3 Å². The fourth-order valence-corrected chi connectivity index (χ4v) is 5.06. The molecule has 0 bridgehead atoms. The summed E-state index contributed by atoms with van der Waals surface area (Å²) >= 11 is 0. The topological polar surface area (TPSA) is 77.9 Å². The molecule has 2 fully saturated rings. The number of rotatable bonds is 5. The summed E-state index contributed by atoms with van der Waals surface area (Å²) in [6.07, 6.45) is 0.856. The number of alkyl halides is 2. The number of carbonyl (C=O) groups excluding carboxylic acids is 1. The molecule has 9 heteroatoms. The van der Waals surface area contributed by atoms with E-state index in [2.05, 4.69) is 0 Å². The Kier molecular flexibility index (Phi) is 4.96. The molecule has 1 heterocycles. The molecule has 1 saturated heterocycles. The number of benzene rings is 1. The number of hydrogen-bond acceptors (Lipinski definition) is 4. The van der Waals surface area contributed by atoms with Crippen molar-refractivity contribution >= 4 is 21.6 Å². The summed E-state index contributed by atoms with van der Waals surface area (Å²) in [4.78, 5) is 13.2. The first-order valence-electron chi connectivity index (χ1n) is 8.97. The molecule has 0 aromatic heterocycles. The fraction of sp³-hybridized carbons (Fsp3) is 0.611. The lowest BCUT2D eigenvalue weighted by Crippen LogP contribution is -2.61. The van der Waals surface area contributed by atoms with Crippen molar-refractivity contribution in [2.45, 2.75) is 50.2 Å². The maximum absolute atomic E-state index is 14.4. The van der Waals surface area contributed by atoms with E-state index in [-0.39, 0.29) is 18.6 Å². The number of amides is 1. The minimum atomic E-state index is -3.84. The Morgan fingerprint density at radius 1 is 1.26 bits per heavy atom. The summed E-state index contributed by atoms with van der Waals surface area (Å²) in [5.41, 5.74) is -1.14. The molecule has 3 rings (SSSR count). The van der Waals surface area contributed by atoms with E-state index in [0.717, 1.165) is 4.90 Å². The first-order valence-corrected chi connectivity index (χ1v) is 10.6. The molecule has 1 aliphatic heterocycles. The molecule has 1 N–H and O–H groups in total. The molecule has 0 spiro atoms. The quantitative estimate of drug-likeness (QED) is 0.820. The van der Waals surface area contributed by atoms with Gasteiger partial charge in [0.15, 0.2) is 0 Å². The van der Waals surface area contributed by atoms with Crippen LogP contribution in [0.25, 0.3) is 0 Å². The maximum atomic E-state index is 14.4. The summed E-state index contributed by atoms with van der Waals surface area (Å²) in [7, 11) is -2.01. The largest absolute Gasteiger partial charge is 0.383 e. The maximum Gasteiger partial charge on any atom is 0.352 e. The average molecular weight is 402 g/mol. The monoisotopic (exact) mass is 402 g/mol. The van der Waals surface area contributed by atoms with Gasteiger partial charge in [-0.2, -0.15) is 8.78 Å². The van der Waals surface area contributed by atoms with Crippen molar-refractivity contribution in [1.29, 1.82) is 0 Å². The average Bonchev–Trinajstić information content (AvgIpc) is 2.96. The van der Waals surface area contributed by atoms with Crippen molar-refractivity contribution in [2.75, 3.05) is 23.7 Å². The summed E-state index contributed by atoms with van der Waals surface area (Å²) in [5, 5.41) is 9.96. The van der Waals surface area contributed by atoms with Crippen molar-refractivity contribution in [3.63, 3.8) is 0 Å². The van der Waals surface area contributed by atoms with Gasteiger partial charge in [-0.25, -0.2) is 8.42 Å². The van der Waals surface area contributed by atoms with Crippen molar-refractivity contribution in [3.05, 3.63) is 29.8 Å². The number of anilines is 1. The van der Waals surface area contributed by atoms with E-state index in [4.69, 9.17) is 0 Å². The van der Waals surface area contributed by atoms with Gasteiger partial charge < -0.3 is 10.0 Å². The number of carbonyl (C=O) groups is 1. The van der Waals surface area contributed by atoms with Gasteiger partial charge in [0.05, 0.1) is 17.5 Å². The SMILES string of the molecule is CC(c1ccc(N2CCCS2(=O)=O)cc1)N(C)C(=O)C(F)(F)C1(O)CCC1. The van der Waals surface area contributed by atoms with Crippen LogP contribution in [0.2, 0.25) is 0 Å². The van der Waals surface area contributed by atoms with Gasteiger partial charge in [-0.15, -0.1) is 0 Å². The second-order valence-corrected chi connectivity index (χ2v) is 9.40. The van der Waals surface area contributed by atoms with Crippen molar-refractivity contribution < 1.29 is 27.1 Å². The number of hydrogen-bond donors (Lipinski definition) is 1. The van der Waals surface area contributed by atoms with Gasteiger partial charge in [0, 0.05) is 13.6 Å². The van der Waals surface area contributed by atoms with Crippen LogP contribution in [0.5, 0.6) is 0 Å². The second-order valence-electron chi connectivity index (χ2n) is 7.38. The summed E-state index contributed by atoms with van der Waals surface area (Å²) in [6.45, 7) is 2.03. The predicted octanol–water partition coefficient (Wildman–Crippen LogP) is 2.30. The van der Waals surface area contributed by atoms with Crippen LogP contribution < -0.4 is 4.31 Å². The Balaban J connectivity index is 1.75. The Morgan fingerprint density at radius 3 is 2.30 bits per heavy atom. The second kappa shape index (κ2) is 6.70. The van der Waals surface area contributed by atoms with Crippen molar-refractivity contribution in [1.82, 2.24) is 4.90 Å². The molecule has 2 aliphatic rings. The van der Waals surface area contributed by atoms with Gasteiger partial charge in [-0.05, 0) is 50.3 Å². The van der Waals surface area contributed by atoms with E-state index in [1.54, 1.807) is 31.2 Å². The molecular weight excluding hydrogens is 378 g/mol. The smallest absolute Gasteiger partial charge is 0.352 e. The standard InChI is InChI=1S/C18H24F2N2O4S/c1-13(21(2)16(23)18(19,20)17(24)9-3-10-17)14-5-7-15(8-6-14)22-11-4-12-27(22,25)26/h5-8,13,24H,3-4,9-12H2,1-2H3. The Labute approximate surface area is 157 Å². The number of halogens is 2. The Hall–Kier alpha value is -1.74. The predicted molar refractivity (Wildman–Crippen MR) is 97.1 cm³/mol. The van der Waals surface area contributed by atoms with Crippen LogP contribution in [-0.4, -0.2) is 55.2 Å². The lowest BCUT2D eigenvalue weighted by atomic mass is 9.75. The Morgan fingerprint density at radius 2 is 1.85 bits per heavy atom. The number of sulfonamides is 1. The first-order chi connectivity index (χ1) is 12.5. The minimum Gasteiger partial charge on any atom is -0.383 e. The van der Waals surface area contributed by atoms with Gasteiger partial charge in [-0.3, -0.25) is 9.10 Å². The highest BCUT2D eigenvalue weighted by Gasteiger charge is 2.62. The lowest BCUT2D eigenvalue weighted by Gasteiger charge is -2.43. The van der Waals surface area contributed by atoms with Gasteiger partial charge in [0.25, 0.3) is 5.91 Å². The van der Waals surface area contributed by atoms with Gasteiger partial charge in [0.2, 0.25) is 10.0 Å². The summed E-state index contributed by atoms with van der Waals surface area (Å²) in [6, 6.07) is 5.84. The van der Waals surface area contributed by atoms with Gasteiger partial charge in [-0.1, -0.05) is 12.1 Å². The normalized spacial score (nSPS) is 22.2. The number of nitrogens with zero attached hydrogens (tertiary/aromatic N) is 2. The molecule has 1 aliphatic carbocycles. The molecule has 1 atom stereocenters. The molecule has 1 unspecified atom stereocenters. The van der Waals surface area contributed by atoms with Crippen LogP contribution in [0, 0.1) is 0 Å². The van der Waals surface area contributed by atoms with Crippen LogP contribution >= 0.6 is 0 Å². The molecule has 27 heavy (non-hydrogen) atoms. The highest BCUT2D eigenvalue weighted by atomic mass is 32.2. The third-order valence-electron chi connectivity index (χ3n) is 5.70. The summed E-state index contributed by atoms with van der Waals surface area (Å²) in [5.74, 6) is -5.14. The van der Waals surface area contributed by atoms with E-state index in [9.17, 15) is 27.1 Å². The van der Waals surface area contributed by atoms with Crippen LogP contribution in [-0.2, 0) is 14.8 Å². The van der Waals surface area contributed by atoms with E-state index < -0.39 is 33.5 Å². The Bertz CT molecular complexity index is 822. The molecule has 150 valence electrons. The van der Waals surface area contributed by atoms with Crippen LogP contribution in [0.4, 0.5) is 14.5 Å². The zero-order valence-electron chi connectivity index (χ0n) is 15.4. The van der Waals surface area contributed by atoms with Gasteiger partial charge >= 0.3 is 5.92 Å². The van der Waals surface area contributed by atoms with Crippen LogP contribution in [0.1, 0.15) is 44.2 Å². The molecule has 1 saturated carbocycles. The first kappa shape index (κ1) is 20.0. The third-order valence-corrected chi connectivity index (χ3v) is 7.57. The highest BCUT2D eigenvalue weighted by molar-refractivity contribution is 7.93. The van der Waals surface area contributed by atoms with E-state index in [0.29, 0.717) is 30.6 Å². The van der Waals surface area contributed by atoms with Crippen LogP contribution in [0.3, 0.4) is 0 Å². The summed E-state index contributed by atoms with van der Waals surface area (Å²) < 4.78 is 54.1. The third kappa shape index (κ3) is 3.31. The molecular formula is C18H24F2N2O4S. The van der Waals surface area contributed by atoms with Crippen molar-refractivity contribution in [3.8, 4) is 0 Å². The molecule has 0 radical (unpaired) electrons. The van der Waals surface area contributed by atoms with E-state index in [1.165, 1.54) is 11.4 Å². The molecule has 1 amide bonds. The molecule has 1 aromatic carbocycles. The zero-order valence-corrected chi connectivity index (χ0v) is 16.2. The lowest BCUT2D eigenvalue weighted by molar-refractivity contribution is -0.223. The van der Waals surface area contributed by atoms with E-state index >= 15 is 0 Å². The molecule has 1 aromatic rings. The highest BCUT2D eigenvalue weighted by Crippen LogP contribution is 2.45. The van der Waals surface area contributed by atoms with E-state index in [1.807, 2.05) is 0 Å². The van der Waals surface area contributed by atoms with Gasteiger partial charge in [0.1, 0.15) is 5.60 Å². The minimum absolute atomic E-state index is 0.0903. The fourth-order valence-electron chi connectivity index (χ4n) is 3.49. The molecule has 6 nitrogen and oxygen atoms in total. The number of aliphatic hydroxyl groups is 1. The van der Waals surface area contributed by atoms with Crippen molar-refractivity contribution in [2.24, 2.45) is 0 Å². The zero-order chi connectivity index (χ0) is 20.0.